The van der Waals surface area contributed by atoms with Crippen molar-refractivity contribution in [3.63, 3.8) is 0 Å². The van der Waals surface area contributed by atoms with Crippen molar-refractivity contribution in [1.82, 2.24) is 9.80 Å². The van der Waals surface area contributed by atoms with Gasteiger partial charge in [-0.15, -0.1) is 0 Å². The third kappa shape index (κ3) is 3.76. The van der Waals surface area contributed by atoms with Crippen LogP contribution >= 0.6 is 0 Å². The van der Waals surface area contributed by atoms with Gasteiger partial charge in [-0.1, -0.05) is 0 Å². The monoisotopic (exact) mass is 311 g/mol. The topological polar surface area (TPSA) is 104 Å². The fourth-order valence-electron chi connectivity index (χ4n) is 3.34. The molecule has 3 amide bonds. The zero-order valence-corrected chi connectivity index (χ0v) is 12.9. The molecule has 2 saturated heterocycles. The summed E-state index contributed by atoms with van der Waals surface area (Å²) in [6.07, 6.45) is 4.31. The van der Waals surface area contributed by atoms with Gasteiger partial charge in [0.15, 0.2) is 0 Å². The van der Waals surface area contributed by atoms with E-state index >= 15 is 0 Å². The van der Waals surface area contributed by atoms with Crippen molar-refractivity contribution in [2.45, 2.75) is 44.6 Å². The molecular formula is C15H25N3O4. The summed E-state index contributed by atoms with van der Waals surface area (Å²) in [5, 5.41) is 9.11. The molecule has 2 heterocycles. The first kappa shape index (κ1) is 16.7. The number of nitrogens with zero attached hydrogens (tertiary/aromatic N) is 2. The average Bonchev–Trinajstić information content (AvgIpc) is 2.54. The lowest BCUT2D eigenvalue weighted by atomic mass is 9.96. The van der Waals surface area contributed by atoms with Crippen LogP contribution < -0.4 is 5.73 Å². The second-order valence-corrected chi connectivity index (χ2v) is 6.13. The van der Waals surface area contributed by atoms with Crippen molar-refractivity contribution in [3.8, 4) is 0 Å². The maximum Gasteiger partial charge on any atom is 0.312 e. The lowest BCUT2D eigenvalue weighted by molar-refractivity contribution is -0.155. The summed E-state index contributed by atoms with van der Waals surface area (Å²) < 4.78 is 0. The van der Waals surface area contributed by atoms with E-state index in [0.29, 0.717) is 38.9 Å². The van der Waals surface area contributed by atoms with Crippen LogP contribution in [0.1, 0.15) is 38.5 Å². The predicted molar refractivity (Wildman–Crippen MR) is 79.6 cm³/mol. The number of piperidine rings is 2. The molecule has 2 aliphatic rings. The number of carbonyl (C=O) groups excluding carboxylic acids is 3. The molecule has 22 heavy (non-hydrogen) atoms. The van der Waals surface area contributed by atoms with Gasteiger partial charge < -0.3 is 20.6 Å². The molecule has 124 valence electrons. The summed E-state index contributed by atoms with van der Waals surface area (Å²) in [5.41, 5.74) is 5.28. The van der Waals surface area contributed by atoms with Crippen LogP contribution in [0, 0.1) is 5.92 Å². The molecule has 0 aromatic heterocycles. The third-order valence-corrected chi connectivity index (χ3v) is 4.72. The van der Waals surface area contributed by atoms with Crippen LogP contribution in [0.4, 0.5) is 0 Å². The fraction of sp³-hybridized carbons (Fsp3) is 0.800. The quantitative estimate of drug-likeness (QED) is 0.684. The Kier molecular flexibility index (Phi) is 5.76. The van der Waals surface area contributed by atoms with Gasteiger partial charge in [0, 0.05) is 38.2 Å². The lowest BCUT2D eigenvalue weighted by Crippen LogP contribution is -2.53. The van der Waals surface area contributed by atoms with Crippen LogP contribution in [0.5, 0.6) is 0 Å². The van der Waals surface area contributed by atoms with E-state index in [4.69, 9.17) is 10.8 Å². The molecule has 2 aliphatic heterocycles. The summed E-state index contributed by atoms with van der Waals surface area (Å²) in [5.74, 6) is -1.50. The summed E-state index contributed by atoms with van der Waals surface area (Å²) in [7, 11) is 0. The zero-order chi connectivity index (χ0) is 16.1. The second kappa shape index (κ2) is 7.58. The summed E-state index contributed by atoms with van der Waals surface area (Å²) in [6.45, 7) is 1.40. The highest BCUT2D eigenvalue weighted by atomic mass is 16.3. The number of aliphatic hydroxyl groups excluding tert-OH is 1. The van der Waals surface area contributed by atoms with Crippen molar-refractivity contribution in [2.24, 2.45) is 11.7 Å². The minimum absolute atomic E-state index is 0.0205. The van der Waals surface area contributed by atoms with Gasteiger partial charge >= 0.3 is 11.8 Å². The second-order valence-electron chi connectivity index (χ2n) is 6.13. The number of rotatable bonds is 3. The molecular weight excluding hydrogens is 286 g/mol. The van der Waals surface area contributed by atoms with Crippen molar-refractivity contribution in [1.29, 1.82) is 0 Å². The number of hydrogen-bond donors (Lipinski definition) is 2. The number of likely N-dealkylation sites (tertiary alicyclic amines) is 2. The van der Waals surface area contributed by atoms with Crippen LogP contribution in [-0.2, 0) is 14.4 Å². The van der Waals surface area contributed by atoms with Crippen molar-refractivity contribution >= 4 is 17.7 Å². The summed E-state index contributed by atoms with van der Waals surface area (Å²) in [4.78, 5) is 39.1. The lowest BCUT2D eigenvalue weighted by Gasteiger charge is -2.37. The molecule has 0 radical (unpaired) electrons. The highest BCUT2D eigenvalue weighted by Crippen LogP contribution is 2.22. The SMILES string of the molecule is NC(=O)C1CCN(C(=O)C(=O)N2CCCCC2CCO)CC1. The minimum atomic E-state index is -0.493. The number of nitrogens with two attached hydrogens (primary N) is 1. The van der Waals surface area contributed by atoms with Crippen LogP contribution in [0.3, 0.4) is 0 Å². The minimum Gasteiger partial charge on any atom is -0.396 e. The van der Waals surface area contributed by atoms with Crippen LogP contribution in [-0.4, -0.2) is 64.9 Å². The van der Waals surface area contributed by atoms with E-state index in [1.165, 1.54) is 4.90 Å². The maximum atomic E-state index is 12.5. The smallest absolute Gasteiger partial charge is 0.312 e. The van der Waals surface area contributed by atoms with Gasteiger partial charge in [0.25, 0.3) is 0 Å². The Bertz CT molecular complexity index is 431. The molecule has 7 heteroatoms. The standard InChI is InChI=1S/C15H25N3O4/c16-13(20)11-4-8-17(9-5-11)14(21)15(22)18-7-2-1-3-12(18)6-10-19/h11-12,19H,1-10H2,(H2,16,20). The Hall–Kier alpha value is -1.63. The van der Waals surface area contributed by atoms with Gasteiger partial charge in [0.1, 0.15) is 0 Å². The molecule has 7 nitrogen and oxygen atoms in total. The number of hydrogen-bond acceptors (Lipinski definition) is 4. The summed E-state index contributed by atoms with van der Waals surface area (Å²) >= 11 is 0. The zero-order valence-electron chi connectivity index (χ0n) is 12.9. The van der Waals surface area contributed by atoms with Gasteiger partial charge in [-0.2, -0.15) is 0 Å². The molecule has 2 rings (SSSR count). The van der Waals surface area contributed by atoms with E-state index in [1.807, 2.05) is 0 Å². The summed E-state index contributed by atoms with van der Waals surface area (Å²) in [6, 6.07) is -0.0432. The van der Waals surface area contributed by atoms with Crippen LogP contribution in [0.2, 0.25) is 0 Å². The largest absolute Gasteiger partial charge is 0.396 e. The molecule has 0 aromatic rings. The molecule has 3 N–H and O–H groups in total. The Morgan fingerprint density at radius 3 is 2.27 bits per heavy atom. The Balaban J connectivity index is 1.94. The molecule has 0 aliphatic carbocycles. The maximum absolute atomic E-state index is 12.5. The number of aliphatic hydroxyl groups is 1. The van der Waals surface area contributed by atoms with E-state index in [0.717, 1.165) is 19.3 Å². The van der Waals surface area contributed by atoms with E-state index in [9.17, 15) is 14.4 Å². The van der Waals surface area contributed by atoms with Gasteiger partial charge in [-0.05, 0) is 38.5 Å². The molecule has 0 aromatic carbocycles. The Labute approximate surface area is 130 Å². The van der Waals surface area contributed by atoms with E-state index < -0.39 is 11.8 Å². The molecule has 0 spiro atoms. The molecule has 1 unspecified atom stereocenters. The van der Waals surface area contributed by atoms with E-state index in [2.05, 4.69) is 0 Å². The number of amides is 3. The first-order valence-electron chi connectivity index (χ1n) is 8.04. The molecule has 0 saturated carbocycles. The van der Waals surface area contributed by atoms with Crippen molar-refractivity contribution in [2.75, 3.05) is 26.2 Å². The van der Waals surface area contributed by atoms with E-state index in [1.54, 1.807) is 4.90 Å². The Morgan fingerprint density at radius 2 is 1.68 bits per heavy atom. The van der Waals surface area contributed by atoms with E-state index in [-0.39, 0.29) is 24.5 Å². The van der Waals surface area contributed by atoms with Crippen molar-refractivity contribution in [3.05, 3.63) is 0 Å². The van der Waals surface area contributed by atoms with Gasteiger partial charge in [-0.25, -0.2) is 0 Å². The van der Waals surface area contributed by atoms with Crippen LogP contribution in [0.15, 0.2) is 0 Å². The van der Waals surface area contributed by atoms with Crippen molar-refractivity contribution < 1.29 is 19.5 Å². The van der Waals surface area contributed by atoms with Gasteiger partial charge in [0.05, 0.1) is 0 Å². The number of carbonyl (C=O) groups is 3. The van der Waals surface area contributed by atoms with Gasteiger partial charge in [-0.3, -0.25) is 14.4 Å². The molecule has 2 fully saturated rings. The average molecular weight is 311 g/mol. The Morgan fingerprint density at radius 1 is 1.00 bits per heavy atom. The molecule has 1 atom stereocenters. The van der Waals surface area contributed by atoms with Crippen LogP contribution in [0.25, 0.3) is 0 Å². The first-order valence-corrected chi connectivity index (χ1v) is 8.04. The normalized spacial score (nSPS) is 23.4. The first-order chi connectivity index (χ1) is 10.5. The predicted octanol–water partition coefficient (Wildman–Crippen LogP) is -0.526. The highest BCUT2D eigenvalue weighted by molar-refractivity contribution is 6.35. The number of primary amides is 1. The highest BCUT2D eigenvalue weighted by Gasteiger charge is 2.35. The van der Waals surface area contributed by atoms with Gasteiger partial charge in [0.2, 0.25) is 5.91 Å². The molecule has 0 bridgehead atoms. The fourth-order valence-corrected chi connectivity index (χ4v) is 3.34. The third-order valence-electron chi connectivity index (χ3n) is 4.72.